The monoisotopic (exact) mass is 422 g/mol. The average Bonchev–Trinajstić information content (AvgIpc) is 3.32. The number of hydrogen-bond acceptors (Lipinski definition) is 5. The smallest absolute Gasteiger partial charge is 0.276 e. The third kappa shape index (κ3) is 4.83. The van der Waals surface area contributed by atoms with E-state index >= 15 is 0 Å². The highest BCUT2D eigenvalue weighted by Crippen LogP contribution is 2.25. The molecule has 7 nitrogen and oxygen atoms in total. The van der Waals surface area contributed by atoms with Gasteiger partial charge in [0.05, 0.1) is 12.7 Å². The zero-order valence-corrected chi connectivity index (χ0v) is 18.5. The Bertz CT molecular complexity index is 882. The Morgan fingerprint density at radius 2 is 1.71 bits per heavy atom. The largest absolute Gasteiger partial charge is 0.335 e. The molecule has 1 aromatic heterocycles. The molecule has 2 saturated heterocycles. The zero-order valence-electron chi connectivity index (χ0n) is 18.5. The third-order valence-corrected chi connectivity index (χ3v) is 7.29. The molecule has 166 valence electrons. The molecule has 31 heavy (non-hydrogen) atoms. The van der Waals surface area contributed by atoms with E-state index in [4.69, 9.17) is 0 Å². The summed E-state index contributed by atoms with van der Waals surface area (Å²) < 4.78 is 1.83. The molecule has 7 heteroatoms. The number of piperidine rings is 1. The van der Waals surface area contributed by atoms with Crippen LogP contribution in [0, 0.1) is 0 Å². The van der Waals surface area contributed by atoms with Crippen molar-refractivity contribution in [3.8, 4) is 0 Å². The van der Waals surface area contributed by atoms with E-state index in [1.54, 1.807) is 0 Å². The molecule has 1 unspecified atom stereocenters. The quantitative estimate of drug-likeness (QED) is 0.739. The maximum atomic E-state index is 12.9. The molecule has 0 radical (unpaired) electrons. The van der Waals surface area contributed by atoms with Crippen molar-refractivity contribution in [3.05, 3.63) is 47.3 Å². The number of carbonyl (C=O) groups is 1. The topological polar surface area (TPSA) is 57.5 Å². The summed E-state index contributed by atoms with van der Waals surface area (Å²) in [6.07, 6.45) is 9.28. The molecule has 2 aliphatic heterocycles. The van der Waals surface area contributed by atoms with Gasteiger partial charge in [-0.15, -0.1) is 5.10 Å². The maximum absolute atomic E-state index is 12.9. The van der Waals surface area contributed by atoms with Crippen molar-refractivity contribution >= 4 is 5.91 Å². The molecular formula is C24H34N6O. The average molecular weight is 423 g/mol. The number of piperazine rings is 1. The number of aryl methyl sites for hydroxylation is 1. The van der Waals surface area contributed by atoms with Gasteiger partial charge in [-0.25, -0.2) is 0 Å². The normalized spacial score (nSPS) is 23.0. The van der Waals surface area contributed by atoms with E-state index in [1.165, 1.54) is 56.3 Å². The fraction of sp³-hybridized carbons (Fsp3) is 0.625. The van der Waals surface area contributed by atoms with Crippen LogP contribution in [0.3, 0.4) is 0 Å². The first kappa shape index (κ1) is 20.6. The third-order valence-electron chi connectivity index (χ3n) is 7.29. The van der Waals surface area contributed by atoms with Gasteiger partial charge in [-0.2, -0.15) is 0 Å². The van der Waals surface area contributed by atoms with E-state index in [0.29, 0.717) is 11.7 Å². The first-order valence-corrected chi connectivity index (χ1v) is 12.0. The van der Waals surface area contributed by atoms with E-state index in [-0.39, 0.29) is 5.91 Å². The van der Waals surface area contributed by atoms with Crippen LogP contribution in [0.1, 0.15) is 47.3 Å². The lowest BCUT2D eigenvalue weighted by Crippen LogP contribution is -2.53. The van der Waals surface area contributed by atoms with E-state index in [0.717, 1.165) is 45.7 Å². The number of rotatable bonds is 5. The molecule has 0 N–H and O–H groups in total. The molecule has 3 heterocycles. The van der Waals surface area contributed by atoms with Crippen LogP contribution < -0.4 is 0 Å². The van der Waals surface area contributed by atoms with Gasteiger partial charge in [0.2, 0.25) is 0 Å². The Morgan fingerprint density at radius 3 is 2.52 bits per heavy atom. The van der Waals surface area contributed by atoms with Crippen LogP contribution in [0.2, 0.25) is 0 Å². The second-order valence-electron chi connectivity index (χ2n) is 9.26. The minimum atomic E-state index is 0.0258. The van der Waals surface area contributed by atoms with Crippen LogP contribution in [0.5, 0.6) is 0 Å². The lowest BCUT2D eigenvalue weighted by molar-refractivity contribution is 0.0547. The van der Waals surface area contributed by atoms with Crippen LogP contribution in [-0.4, -0.2) is 87.5 Å². The first-order chi connectivity index (χ1) is 15.3. The van der Waals surface area contributed by atoms with Gasteiger partial charge in [-0.05, 0) is 56.3 Å². The molecule has 2 fully saturated rings. The van der Waals surface area contributed by atoms with Crippen molar-refractivity contribution in [3.63, 3.8) is 0 Å². The lowest BCUT2D eigenvalue weighted by Gasteiger charge is -2.41. The number of carbonyl (C=O) groups excluding carboxylic acids is 1. The number of nitrogens with zero attached hydrogens (tertiary/aromatic N) is 6. The second-order valence-corrected chi connectivity index (χ2v) is 9.26. The second kappa shape index (κ2) is 9.49. The standard InChI is InChI=1S/C24H34N6O/c31-24(23-19-30(26-25-23)17-12-27-10-4-1-5-11-27)29-15-13-28(14-16-29)22-9-8-20-6-2-3-7-21(20)18-22/h2-3,6-7,19,22H,1,4-5,8-18H2. The van der Waals surface area contributed by atoms with E-state index < -0.39 is 0 Å². The molecule has 1 atom stereocenters. The predicted molar refractivity (Wildman–Crippen MR) is 120 cm³/mol. The van der Waals surface area contributed by atoms with Gasteiger partial charge in [0.15, 0.2) is 5.69 Å². The molecule has 1 amide bonds. The predicted octanol–water partition coefficient (Wildman–Crippen LogP) is 2.08. The van der Waals surface area contributed by atoms with Crippen molar-refractivity contribution in [2.75, 3.05) is 45.8 Å². The van der Waals surface area contributed by atoms with Crippen LogP contribution in [-0.2, 0) is 19.4 Å². The van der Waals surface area contributed by atoms with E-state index in [9.17, 15) is 4.79 Å². The van der Waals surface area contributed by atoms with Gasteiger partial charge in [0, 0.05) is 38.8 Å². The molecule has 0 bridgehead atoms. The number of aromatic nitrogens is 3. The highest BCUT2D eigenvalue weighted by atomic mass is 16.2. The summed E-state index contributed by atoms with van der Waals surface area (Å²) in [5.41, 5.74) is 3.49. The molecule has 1 aromatic carbocycles. The van der Waals surface area contributed by atoms with Crippen LogP contribution in [0.15, 0.2) is 30.5 Å². The number of fused-ring (bicyclic) bond motifs is 1. The Hall–Kier alpha value is -2.25. The van der Waals surface area contributed by atoms with E-state index in [2.05, 4.69) is 44.4 Å². The van der Waals surface area contributed by atoms with Gasteiger partial charge >= 0.3 is 0 Å². The van der Waals surface area contributed by atoms with Gasteiger partial charge < -0.3 is 9.80 Å². The minimum absolute atomic E-state index is 0.0258. The van der Waals surface area contributed by atoms with Crippen LogP contribution in [0.25, 0.3) is 0 Å². The van der Waals surface area contributed by atoms with E-state index in [1.807, 2.05) is 15.8 Å². The number of likely N-dealkylation sites (tertiary alicyclic amines) is 1. The van der Waals surface area contributed by atoms with Crippen molar-refractivity contribution in [1.82, 2.24) is 29.7 Å². The highest BCUT2D eigenvalue weighted by molar-refractivity contribution is 5.92. The summed E-state index contributed by atoms with van der Waals surface area (Å²) in [5.74, 6) is 0.0258. The minimum Gasteiger partial charge on any atom is -0.335 e. The summed E-state index contributed by atoms with van der Waals surface area (Å²) in [5, 5.41) is 8.39. The first-order valence-electron chi connectivity index (χ1n) is 12.0. The van der Waals surface area contributed by atoms with Gasteiger partial charge in [0.25, 0.3) is 5.91 Å². The molecule has 2 aromatic rings. The summed E-state index contributed by atoms with van der Waals surface area (Å²) in [7, 11) is 0. The van der Waals surface area contributed by atoms with Crippen molar-refractivity contribution in [2.24, 2.45) is 0 Å². The molecule has 3 aliphatic rings. The molecule has 0 saturated carbocycles. The zero-order chi connectivity index (χ0) is 21.0. The van der Waals surface area contributed by atoms with Gasteiger partial charge in [0.1, 0.15) is 0 Å². The fourth-order valence-electron chi connectivity index (χ4n) is 5.37. The Kier molecular flexibility index (Phi) is 6.32. The fourth-order valence-corrected chi connectivity index (χ4v) is 5.37. The Morgan fingerprint density at radius 1 is 0.935 bits per heavy atom. The van der Waals surface area contributed by atoms with Crippen molar-refractivity contribution in [2.45, 2.75) is 51.1 Å². The molecular weight excluding hydrogens is 388 g/mol. The highest BCUT2D eigenvalue weighted by Gasteiger charge is 2.29. The Labute approximate surface area is 185 Å². The summed E-state index contributed by atoms with van der Waals surface area (Å²) in [6, 6.07) is 9.44. The van der Waals surface area contributed by atoms with Gasteiger partial charge in [-0.3, -0.25) is 14.4 Å². The Balaban J connectivity index is 1.11. The number of hydrogen-bond donors (Lipinski definition) is 0. The maximum Gasteiger partial charge on any atom is 0.276 e. The summed E-state index contributed by atoms with van der Waals surface area (Å²) in [6.45, 7) is 7.59. The summed E-state index contributed by atoms with van der Waals surface area (Å²) >= 11 is 0. The van der Waals surface area contributed by atoms with Crippen LogP contribution in [0.4, 0.5) is 0 Å². The van der Waals surface area contributed by atoms with Crippen molar-refractivity contribution < 1.29 is 4.79 Å². The van der Waals surface area contributed by atoms with Crippen LogP contribution >= 0.6 is 0 Å². The summed E-state index contributed by atoms with van der Waals surface area (Å²) in [4.78, 5) is 20.0. The molecule has 0 spiro atoms. The SMILES string of the molecule is O=C(c1cn(CCN2CCCCC2)nn1)N1CCN(C2CCc3ccccc3C2)CC1. The number of amides is 1. The van der Waals surface area contributed by atoms with Gasteiger partial charge in [-0.1, -0.05) is 35.9 Å². The molecule has 1 aliphatic carbocycles. The van der Waals surface area contributed by atoms with Crippen molar-refractivity contribution in [1.29, 1.82) is 0 Å². The lowest BCUT2D eigenvalue weighted by atomic mass is 9.87. The molecule has 5 rings (SSSR count). The number of benzene rings is 1.